The van der Waals surface area contributed by atoms with Gasteiger partial charge in [-0.1, -0.05) is 72.8 Å². The van der Waals surface area contributed by atoms with E-state index >= 15 is 0 Å². The highest BCUT2D eigenvalue weighted by Gasteiger charge is 2.76. The molecule has 5 rings (SSSR count). The number of allylic oxidation sites excluding steroid dienone is 1. The van der Waals surface area contributed by atoms with Gasteiger partial charge in [0.1, 0.15) is 17.7 Å². The quantitative estimate of drug-likeness (QED) is 0.184. The maximum absolute atomic E-state index is 14.9. The highest BCUT2D eigenvalue weighted by molar-refractivity contribution is 5.98. The summed E-state index contributed by atoms with van der Waals surface area (Å²) in [6.45, 7) is 13.2. The van der Waals surface area contributed by atoms with E-state index < -0.39 is 71.8 Å². The first-order valence-electron chi connectivity index (χ1n) is 18.1. The maximum Gasteiger partial charge on any atom is 0.313 e. The first-order valence-corrected chi connectivity index (χ1v) is 18.1. The van der Waals surface area contributed by atoms with Crippen molar-refractivity contribution in [3.05, 3.63) is 97.1 Å². The molecule has 0 radical (unpaired) electrons. The van der Waals surface area contributed by atoms with Gasteiger partial charge in [-0.15, -0.1) is 13.2 Å². The number of carbonyl (C=O) groups excluding carboxylic acids is 4. The summed E-state index contributed by atoms with van der Waals surface area (Å²) >= 11 is 0. The molecule has 52 heavy (non-hydrogen) atoms. The molecule has 0 unspecified atom stereocenters. The third kappa shape index (κ3) is 7.72. The molecule has 2 aromatic rings. The number of ether oxygens (including phenoxy) is 3. The predicted octanol–water partition coefficient (Wildman–Crippen LogP) is 4.16. The molecule has 3 aliphatic rings. The van der Waals surface area contributed by atoms with Crippen LogP contribution >= 0.6 is 0 Å². The van der Waals surface area contributed by atoms with Crippen LogP contribution in [0.5, 0.6) is 0 Å². The van der Waals surface area contributed by atoms with Crippen molar-refractivity contribution < 1.29 is 38.5 Å². The van der Waals surface area contributed by atoms with Crippen molar-refractivity contribution in [2.75, 3.05) is 26.9 Å². The average molecular weight is 716 g/mol. The van der Waals surface area contributed by atoms with Gasteiger partial charge < -0.3 is 34.4 Å². The highest BCUT2D eigenvalue weighted by Crippen LogP contribution is 2.59. The second-order valence-corrected chi connectivity index (χ2v) is 15.0. The van der Waals surface area contributed by atoms with Crippen molar-refractivity contribution in [3.8, 4) is 0 Å². The van der Waals surface area contributed by atoms with Crippen LogP contribution in [0.4, 0.5) is 0 Å². The van der Waals surface area contributed by atoms with E-state index in [9.17, 15) is 24.3 Å². The molecule has 3 amide bonds. The zero-order valence-electron chi connectivity index (χ0n) is 30.7. The number of aliphatic hydroxyl groups is 1. The molecule has 11 heteroatoms. The van der Waals surface area contributed by atoms with E-state index in [1.165, 1.54) is 12.0 Å². The summed E-state index contributed by atoms with van der Waals surface area (Å²) in [5, 5.41) is 13.8. The lowest BCUT2D eigenvalue weighted by atomic mass is 9.70. The monoisotopic (exact) mass is 715 g/mol. The van der Waals surface area contributed by atoms with E-state index in [-0.39, 0.29) is 31.4 Å². The number of hydrogen-bond acceptors (Lipinski definition) is 8. The van der Waals surface area contributed by atoms with E-state index in [0.29, 0.717) is 31.2 Å². The first-order chi connectivity index (χ1) is 24.9. The fraction of sp³-hybridized carbons (Fsp3) is 0.512. The molecular formula is C41H53N3O8. The second kappa shape index (κ2) is 16.6. The molecule has 2 bridgehead atoms. The fourth-order valence-corrected chi connectivity index (χ4v) is 8.27. The molecule has 3 heterocycles. The first kappa shape index (κ1) is 38.9. The number of likely N-dealkylation sites (tertiary alicyclic amines) is 1. The van der Waals surface area contributed by atoms with Gasteiger partial charge in [-0.3, -0.25) is 19.2 Å². The van der Waals surface area contributed by atoms with E-state index in [0.717, 1.165) is 5.56 Å². The summed E-state index contributed by atoms with van der Waals surface area (Å²) in [4.78, 5) is 60.4. The lowest BCUT2D eigenvalue weighted by Crippen LogP contribution is -2.61. The third-order valence-corrected chi connectivity index (χ3v) is 10.6. The zero-order chi connectivity index (χ0) is 37.6. The number of esters is 1. The van der Waals surface area contributed by atoms with Crippen LogP contribution in [0, 0.1) is 11.8 Å². The number of benzene rings is 2. The molecule has 2 N–H and O–H groups in total. The van der Waals surface area contributed by atoms with Gasteiger partial charge >= 0.3 is 5.97 Å². The Bertz CT molecular complexity index is 1590. The van der Waals surface area contributed by atoms with Gasteiger partial charge in [0, 0.05) is 25.6 Å². The Hall–Kier alpha value is -4.32. The van der Waals surface area contributed by atoms with Crippen LogP contribution in [0.1, 0.15) is 63.7 Å². The highest BCUT2D eigenvalue weighted by atomic mass is 16.6. The number of nitrogens with zero attached hydrogens (tertiary/aromatic N) is 2. The molecule has 11 nitrogen and oxygen atoms in total. The Kier molecular flexibility index (Phi) is 12.4. The number of amides is 3. The van der Waals surface area contributed by atoms with Crippen molar-refractivity contribution in [1.82, 2.24) is 15.1 Å². The third-order valence-electron chi connectivity index (χ3n) is 10.6. The minimum Gasteiger partial charge on any atom is -0.455 e. The van der Waals surface area contributed by atoms with E-state index in [2.05, 4.69) is 18.5 Å². The van der Waals surface area contributed by atoms with Gasteiger partial charge in [-0.25, -0.2) is 0 Å². The molecule has 280 valence electrons. The van der Waals surface area contributed by atoms with E-state index in [1.54, 1.807) is 17.1 Å². The molecule has 3 aliphatic heterocycles. The second-order valence-electron chi connectivity index (χ2n) is 15.0. The van der Waals surface area contributed by atoms with Crippen LogP contribution < -0.4 is 5.32 Å². The number of carbonyl (C=O) groups is 4. The molecular weight excluding hydrogens is 662 g/mol. The van der Waals surface area contributed by atoms with Crippen LogP contribution in [0.15, 0.2) is 86.0 Å². The Morgan fingerprint density at radius 3 is 2.37 bits per heavy atom. The van der Waals surface area contributed by atoms with Crippen molar-refractivity contribution in [1.29, 1.82) is 0 Å². The Balaban J connectivity index is 1.54. The van der Waals surface area contributed by atoms with Crippen molar-refractivity contribution in [2.24, 2.45) is 11.8 Å². The van der Waals surface area contributed by atoms with Crippen LogP contribution in [0.2, 0.25) is 0 Å². The summed E-state index contributed by atoms with van der Waals surface area (Å²) < 4.78 is 18.5. The minimum absolute atomic E-state index is 0.0531. The molecule has 3 saturated heterocycles. The minimum atomic E-state index is -1.32. The molecule has 0 aliphatic carbocycles. The number of hydrogen-bond donors (Lipinski definition) is 2. The van der Waals surface area contributed by atoms with Gasteiger partial charge in [0.05, 0.1) is 43.2 Å². The number of rotatable bonds is 17. The number of fused-ring (bicyclic) bond motifs is 1. The molecule has 0 aromatic heterocycles. The van der Waals surface area contributed by atoms with Crippen LogP contribution in [-0.4, -0.2) is 101 Å². The SMILES string of the molecule is C=CCCC(=O)N[C@H](COC)[C@H](OC(=O)[C@@H]1[C@@H]2CC[C@]3(O2)[C@H](C(=O)N(CC=C)C(C)(C)C)N([C@@H](CO)Cc2ccccc2)C(=O)[C@@H]13)c1ccccc1. The van der Waals surface area contributed by atoms with Crippen molar-refractivity contribution in [3.63, 3.8) is 0 Å². The van der Waals surface area contributed by atoms with Crippen LogP contribution in [0.25, 0.3) is 0 Å². The van der Waals surface area contributed by atoms with Gasteiger partial charge in [-0.05, 0) is 57.6 Å². The standard InChI is InChI=1S/C41H53N3O8/c1-7-9-20-32(46)42-30(26-50-6)35(28-18-14-11-15-19-28)51-39(49)33-31-21-22-41(52-31)34(33)37(47)44(29(25-45)24-27-16-12-10-13-17-27)36(41)38(48)43(23-8-2)40(3,4)5/h7-8,10-19,29-31,33-36,45H,1-2,9,20-26H2,3-6H3,(H,42,46)/t29-,30-,31+,33-,34-,35-,36+,41-/m1/s1. The normalized spacial score (nSPS) is 25.2. The topological polar surface area (TPSA) is 135 Å². The van der Waals surface area contributed by atoms with Crippen LogP contribution in [-0.2, 0) is 39.8 Å². The number of aliphatic hydroxyl groups excluding tert-OH is 1. The van der Waals surface area contributed by atoms with Gasteiger partial charge in [0.25, 0.3) is 0 Å². The van der Waals surface area contributed by atoms with Gasteiger partial charge in [0.15, 0.2) is 0 Å². The molecule has 1 spiro atoms. The molecule has 0 saturated carbocycles. The molecule has 3 fully saturated rings. The summed E-state index contributed by atoms with van der Waals surface area (Å²) in [5.41, 5.74) is -0.418. The number of nitrogens with one attached hydrogen (secondary N) is 1. The summed E-state index contributed by atoms with van der Waals surface area (Å²) in [7, 11) is 1.50. The predicted molar refractivity (Wildman–Crippen MR) is 196 cm³/mol. The fourth-order valence-electron chi connectivity index (χ4n) is 8.27. The van der Waals surface area contributed by atoms with Gasteiger partial charge in [0.2, 0.25) is 17.7 Å². The summed E-state index contributed by atoms with van der Waals surface area (Å²) in [5.74, 6) is -3.70. The Morgan fingerprint density at radius 1 is 1.10 bits per heavy atom. The maximum atomic E-state index is 14.9. The molecule has 8 atom stereocenters. The lowest BCUT2D eigenvalue weighted by molar-refractivity contribution is -0.163. The summed E-state index contributed by atoms with van der Waals surface area (Å²) in [6.07, 6.45) is 3.49. The smallest absolute Gasteiger partial charge is 0.313 e. The lowest BCUT2D eigenvalue weighted by Gasteiger charge is -2.43. The average Bonchev–Trinajstić information content (AvgIpc) is 3.78. The van der Waals surface area contributed by atoms with E-state index in [4.69, 9.17) is 14.2 Å². The summed E-state index contributed by atoms with van der Waals surface area (Å²) in [6, 6.07) is 16.0. The van der Waals surface area contributed by atoms with E-state index in [1.807, 2.05) is 81.4 Å². The van der Waals surface area contributed by atoms with Crippen molar-refractivity contribution >= 4 is 23.7 Å². The Labute approximate surface area is 307 Å². The zero-order valence-corrected chi connectivity index (χ0v) is 30.7. The largest absolute Gasteiger partial charge is 0.455 e. The molecule has 2 aromatic carbocycles. The van der Waals surface area contributed by atoms with Crippen LogP contribution in [0.3, 0.4) is 0 Å². The Morgan fingerprint density at radius 2 is 1.77 bits per heavy atom. The van der Waals surface area contributed by atoms with Gasteiger partial charge in [-0.2, -0.15) is 0 Å². The van der Waals surface area contributed by atoms with Crippen molar-refractivity contribution in [2.45, 2.75) is 94.3 Å². The number of methoxy groups -OCH3 is 1.